The first-order valence-electron chi connectivity index (χ1n) is 8.38. The van der Waals surface area contributed by atoms with Crippen LogP contribution in [0.15, 0.2) is 59.0 Å². The van der Waals surface area contributed by atoms with Crippen LogP contribution in [0.4, 0.5) is 0 Å². The Morgan fingerprint density at radius 2 is 1.88 bits per heavy atom. The largest absolute Gasteiger partial charge is 0.434 e. The van der Waals surface area contributed by atoms with Crippen LogP contribution in [0.5, 0.6) is 0 Å². The SMILES string of the molecule is O=CCCN[C@@H](CCc1ccccc1)C(=O)c1nc2ccccc2o1. The normalized spacial score (nSPS) is 12.2. The minimum atomic E-state index is -0.437. The van der Waals surface area contributed by atoms with Gasteiger partial charge in [-0.3, -0.25) is 4.79 Å². The fourth-order valence-electron chi connectivity index (χ4n) is 2.72. The number of rotatable bonds is 9. The minimum absolute atomic E-state index is 0.109. The van der Waals surface area contributed by atoms with Crippen LogP contribution in [0.25, 0.3) is 11.1 Å². The topological polar surface area (TPSA) is 72.2 Å². The number of benzene rings is 2. The minimum Gasteiger partial charge on any atom is -0.434 e. The number of para-hydroxylation sites is 2. The molecule has 0 amide bonds. The summed E-state index contributed by atoms with van der Waals surface area (Å²) in [7, 11) is 0. The molecule has 25 heavy (non-hydrogen) atoms. The Bertz CT molecular complexity index is 809. The number of nitrogens with one attached hydrogen (secondary N) is 1. The summed E-state index contributed by atoms with van der Waals surface area (Å²) in [5.74, 6) is -0.0732. The smallest absolute Gasteiger partial charge is 0.265 e. The van der Waals surface area contributed by atoms with Gasteiger partial charge in [-0.1, -0.05) is 42.5 Å². The van der Waals surface area contributed by atoms with Crippen LogP contribution in [0.1, 0.15) is 29.1 Å². The summed E-state index contributed by atoms with van der Waals surface area (Å²) in [5.41, 5.74) is 2.43. The van der Waals surface area contributed by atoms with Crippen molar-refractivity contribution in [3.05, 3.63) is 66.1 Å². The van der Waals surface area contributed by atoms with E-state index in [9.17, 15) is 9.59 Å². The molecule has 1 aromatic heterocycles. The summed E-state index contributed by atoms with van der Waals surface area (Å²) < 4.78 is 5.60. The number of ketones is 1. The van der Waals surface area contributed by atoms with E-state index in [4.69, 9.17) is 4.42 Å². The summed E-state index contributed by atoms with van der Waals surface area (Å²) in [6.45, 7) is 0.453. The molecular formula is C20H20N2O3. The van der Waals surface area contributed by atoms with Gasteiger partial charge < -0.3 is 14.5 Å². The van der Waals surface area contributed by atoms with Crippen LogP contribution in [0, 0.1) is 0 Å². The van der Waals surface area contributed by atoms with Gasteiger partial charge in [0.1, 0.15) is 11.8 Å². The number of fused-ring (bicyclic) bond motifs is 1. The number of carbonyl (C=O) groups is 2. The average molecular weight is 336 g/mol. The second-order valence-corrected chi connectivity index (χ2v) is 5.84. The molecule has 1 N–H and O–H groups in total. The zero-order valence-electron chi connectivity index (χ0n) is 13.9. The van der Waals surface area contributed by atoms with E-state index in [1.807, 2.05) is 48.5 Å². The van der Waals surface area contributed by atoms with Crippen molar-refractivity contribution in [3.8, 4) is 0 Å². The molecule has 0 radical (unpaired) electrons. The number of carbonyl (C=O) groups excluding carboxylic acids is 2. The highest BCUT2D eigenvalue weighted by Crippen LogP contribution is 2.17. The Balaban J connectivity index is 1.74. The van der Waals surface area contributed by atoms with E-state index in [2.05, 4.69) is 10.3 Å². The van der Waals surface area contributed by atoms with Gasteiger partial charge in [-0.25, -0.2) is 4.98 Å². The summed E-state index contributed by atoms with van der Waals surface area (Å²) in [6, 6.07) is 16.9. The van der Waals surface area contributed by atoms with Crippen LogP contribution < -0.4 is 5.32 Å². The molecule has 2 aromatic carbocycles. The number of Topliss-reactive ketones (excluding diaryl/α,β-unsaturated/α-hetero) is 1. The molecule has 0 spiro atoms. The molecule has 0 saturated heterocycles. The van der Waals surface area contributed by atoms with Gasteiger partial charge in [0.05, 0.1) is 6.04 Å². The Hall–Kier alpha value is -2.79. The summed E-state index contributed by atoms with van der Waals surface area (Å²) in [6.07, 6.45) is 2.57. The van der Waals surface area contributed by atoms with Gasteiger partial charge in [0.25, 0.3) is 5.89 Å². The maximum atomic E-state index is 12.8. The first-order valence-corrected chi connectivity index (χ1v) is 8.38. The number of aromatic nitrogens is 1. The first-order chi connectivity index (χ1) is 12.3. The lowest BCUT2D eigenvalue weighted by molar-refractivity contribution is -0.107. The first kappa shape index (κ1) is 17.0. The Labute approximate surface area is 146 Å². The van der Waals surface area contributed by atoms with E-state index in [1.165, 1.54) is 0 Å². The molecule has 0 aliphatic rings. The number of hydrogen-bond donors (Lipinski definition) is 1. The maximum absolute atomic E-state index is 12.8. The van der Waals surface area contributed by atoms with E-state index in [0.29, 0.717) is 30.5 Å². The number of aldehydes is 1. The van der Waals surface area contributed by atoms with Crippen molar-refractivity contribution < 1.29 is 14.0 Å². The zero-order valence-corrected chi connectivity index (χ0v) is 13.9. The van der Waals surface area contributed by atoms with Crippen LogP contribution in [0.2, 0.25) is 0 Å². The molecule has 0 unspecified atom stereocenters. The molecule has 5 nitrogen and oxygen atoms in total. The molecule has 0 saturated carbocycles. The average Bonchev–Trinajstić information content (AvgIpc) is 3.09. The van der Waals surface area contributed by atoms with E-state index in [-0.39, 0.29) is 11.7 Å². The molecule has 128 valence electrons. The van der Waals surface area contributed by atoms with Gasteiger partial charge >= 0.3 is 0 Å². The monoisotopic (exact) mass is 336 g/mol. The van der Waals surface area contributed by atoms with Crippen molar-refractivity contribution in [2.45, 2.75) is 25.3 Å². The van der Waals surface area contributed by atoms with E-state index < -0.39 is 6.04 Å². The van der Waals surface area contributed by atoms with Gasteiger partial charge in [-0.15, -0.1) is 0 Å². The molecule has 3 aromatic rings. The van der Waals surface area contributed by atoms with Gasteiger partial charge in [0, 0.05) is 13.0 Å². The number of hydrogen-bond acceptors (Lipinski definition) is 5. The van der Waals surface area contributed by atoms with E-state index >= 15 is 0 Å². The van der Waals surface area contributed by atoms with Crippen molar-refractivity contribution in [3.63, 3.8) is 0 Å². The van der Waals surface area contributed by atoms with Gasteiger partial charge in [0.15, 0.2) is 5.58 Å². The number of nitrogens with zero attached hydrogens (tertiary/aromatic N) is 1. The number of oxazole rings is 1. The molecular weight excluding hydrogens is 316 g/mol. The van der Waals surface area contributed by atoms with Crippen molar-refractivity contribution in [2.75, 3.05) is 6.54 Å². The molecule has 1 heterocycles. The highest BCUT2D eigenvalue weighted by molar-refractivity contribution is 5.98. The highest BCUT2D eigenvalue weighted by Gasteiger charge is 2.24. The quantitative estimate of drug-likeness (QED) is 0.369. The van der Waals surface area contributed by atoms with Crippen molar-refractivity contribution >= 4 is 23.2 Å². The van der Waals surface area contributed by atoms with Crippen molar-refractivity contribution in [1.82, 2.24) is 10.3 Å². The van der Waals surface area contributed by atoms with Gasteiger partial charge in [-0.2, -0.15) is 0 Å². The molecule has 3 rings (SSSR count). The predicted molar refractivity (Wildman–Crippen MR) is 95.6 cm³/mol. The Morgan fingerprint density at radius 3 is 2.64 bits per heavy atom. The van der Waals surface area contributed by atoms with Crippen LogP contribution in [-0.4, -0.2) is 29.6 Å². The summed E-state index contributed by atoms with van der Waals surface area (Å²) in [4.78, 5) is 27.7. The van der Waals surface area contributed by atoms with Crippen molar-refractivity contribution in [1.29, 1.82) is 0 Å². The van der Waals surface area contributed by atoms with Crippen LogP contribution in [0.3, 0.4) is 0 Å². The Kier molecular flexibility index (Phi) is 5.69. The van der Waals surface area contributed by atoms with E-state index in [0.717, 1.165) is 18.3 Å². The molecule has 0 bridgehead atoms. The maximum Gasteiger partial charge on any atom is 0.265 e. The van der Waals surface area contributed by atoms with Crippen LogP contribution >= 0.6 is 0 Å². The highest BCUT2D eigenvalue weighted by atomic mass is 16.4. The molecule has 5 heteroatoms. The summed E-state index contributed by atoms with van der Waals surface area (Å²) >= 11 is 0. The molecule has 0 aliphatic carbocycles. The lowest BCUT2D eigenvalue weighted by Crippen LogP contribution is -2.38. The second-order valence-electron chi connectivity index (χ2n) is 5.84. The van der Waals surface area contributed by atoms with Gasteiger partial charge in [-0.05, 0) is 30.5 Å². The zero-order chi connectivity index (χ0) is 17.5. The molecule has 0 aliphatic heterocycles. The fraction of sp³-hybridized carbons (Fsp3) is 0.250. The lowest BCUT2D eigenvalue weighted by Gasteiger charge is -2.15. The fourth-order valence-corrected chi connectivity index (χ4v) is 2.72. The third-order valence-electron chi connectivity index (χ3n) is 4.04. The Morgan fingerprint density at radius 1 is 1.12 bits per heavy atom. The molecule has 0 fully saturated rings. The second kappa shape index (κ2) is 8.35. The van der Waals surface area contributed by atoms with Crippen LogP contribution in [-0.2, 0) is 11.2 Å². The predicted octanol–water partition coefficient (Wildman–Crippen LogP) is 3.19. The van der Waals surface area contributed by atoms with Gasteiger partial charge in [0.2, 0.25) is 5.78 Å². The standard InChI is InChI=1S/C20H20N2O3/c23-14-6-13-21-17(12-11-15-7-2-1-3-8-15)19(24)20-22-16-9-4-5-10-18(16)25-20/h1-5,7-10,14,17,21H,6,11-13H2/t17-/m0/s1. The van der Waals surface area contributed by atoms with Crippen molar-refractivity contribution in [2.24, 2.45) is 0 Å². The molecule has 1 atom stereocenters. The van der Waals surface area contributed by atoms with E-state index in [1.54, 1.807) is 6.07 Å². The summed E-state index contributed by atoms with van der Waals surface area (Å²) in [5, 5.41) is 3.15. The lowest BCUT2D eigenvalue weighted by atomic mass is 10.0. The number of aryl methyl sites for hydroxylation is 1. The third kappa shape index (κ3) is 4.39. The third-order valence-corrected chi connectivity index (χ3v) is 4.04.